The Bertz CT molecular complexity index is 1020. The Morgan fingerprint density at radius 2 is 1.61 bits per heavy atom. The van der Waals surface area contributed by atoms with Gasteiger partial charge < -0.3 is 20.5 Å². The minimum atomic E-state index is -1.33. The number of alkyl carbamates (subject to hydrolysis) is 1. The molecule has 0 heterocycles. The standard InChI is InChI=1S/C26H30N2O5/c1-26(2,24(30)31)28-23(29)16-8-7-9-17(14-16)27-25(32)33-15-22-20-12-5-3-10-18(20)19-11-4-6-13-21(19)22/h3-6,10-13,16-17,22H,7-9,14-15H2,1-2H3,(H,27,32)(H,28,29)(H,30,31). The zero-order valence-electron chi connectivity index (χ0n) is 19.0. The van der Waals surface area contributed by atoms with Crippen molar-refractivity contribution in [1.82, 2.24) is 10.6 Å². The molecule has 0 spiro atoms. The minimum absolute atomic E-state index is 0.00807. The highest BCUT2D eigenvalue weighted by atomic mass is 16.5. The molecule has 7 nitrogen and oxygen atoms in total. The maximum atomic E-state index is 12.6. The molecule has 33 heavy (non-hydrogen) atoms. The van der Waals surface area contributed by atoms with E-state index in [1.165, 1.54) is 25.0 Å². The van der Waals surface area contributed by atoms with Crippen molar-refractivity contribution in [1.29, 1.82) is 0 Å². The summed E-state index contributed by atoms with van der Waals surface area (Å²) in [6.07, 6.45) is 2.18. The maximum Gasteiger partial charge on any atom is 0.407 e. The van der Waals surface area contributed by atoms with Gasteiger partial charge in [-0.3, -0.25) is 4.79 Å². The summed E-state index contributed by atoms with van der Waals surface area (Å²) in [5.74, 6) is -1.72. The van der Waals surface area contributed by atoms with E-state index in [9.17, 15) is 19.5 Å². The van der Waals surface area contributed by atoms with Gasteiger partial charge in [-0.1, -0.05) is 55.0 Å². The van der Waals surface area contributed by atoms with Crippen LogP contribution in [0.2, 0.25) is 0 Å². The van der Waals surface area contributed by atoms with E-state index in [2.05, 4.69) is 34.9 Å². The van der Waals surface area contributed by atoms with E-state index < -0.39 is 17.6 Å². The number of carbonyl (C=O) groups excluding carboxylic acids is 2. The molecule has 4 rings (SSSR count). The van der Waals surface area contributed by atoms with Gasteiger partial charge in [0.05, 0.1) is 0 Å². The summed E-state index contributed by atoms with van der Waals surface area (Å²) in [7, 11) is 0. The van der Waals surface area contributed by atoms with Crippen molar-refractivity contribution >= 4 is 18.0 Å². The molecule has 2 unspecified atom stereocenters. The molecule has 2 aromatic carbocycles. The monoisotopic (exact) mass is 450 g/mol. The van der Waals surface area contributed by atoms with Gasteiger partial charge >= 0.3 is 12.1 Å². The zero-order chi connectivity index (χ0) is 23.6. The molecule has 3 N–H and O–H groups in total. The van der Waals surface area contributed by atoms with Crippen molar-refractivity contribution in [3.8, 4) is 11.1 Å². The van der Waals surface area contributed by atoms with E-state index in [-0.39, 0.29) is 30.4 Å². The first-order chi connectivity index (χ1) is 15.8. The summed E-state index contributed by atoms with van der Waals surface area (Å²) >= 11 is 0. The Balaban J connectivity index is 1.33. The van der Waals surface area contributed by atoms with Crippen molar-refractivity contribution < 1.29 is 24.2 Å². The highest BCUT2D eigenvalue weighted by Crippen LogP contribution is 2.44. The van der Waals surface area contributed by atoms with Crippen LogP contribution in [0.5, 0.6) is 0 Å². The number of hydrogen-bond acceptors (Lipinski definition) is 4. The number of fused-ring (bicyclic) bond motifs is 3. The summed E-state index contributed by atoms with van der Waals surface area (Å²) in [6, 6.07) is 16.2. The molecule has 174 valence electrons. The van der Waals surface area contributed by atoms with Crippen LogP contribution in [-0.4, -0.2) is 41.3 Å². The van der Waals surface area contributed by atoms with Crippen molar-refractivity contribution in [2.75, 3.05) is 6.61 Å². The Hall–Kier alpha value is -3.35. The Morgan fingerprint density at radius 1 is 1.00 bits per heavy atom. The van der Waals surface area contributed by atoms with Gasteiger partial charge in [-0.05, 0) is 55.4 Å². The number of carboxylic acids is 1. The first-order valence-corrected chi connectivity index (χ1v) is 11.4. The number of benzene rings is 2. The number of nitrogens with one attached hydrogen (secondary N) is 2. The quantitative estimate of drug-likeness (QED) is 0.616. The largest absolute Gasteiger partial charge is 0.480 e. The van der Waals surface area contributed by atoms with Crippen LogP contribution in [0, 0.1) is 5.92 Å². The fraction of sp³-hybridized carbons (Fsp3) is 0.423. The van der Waals surface area contributed by atoms with Crippen molar-refractivity contribution in [3.05, 3.63) is 59.7 Å². The average Bonchev–Trinajstić information content (AvgIpc) is 3.11. The summed E-state index contributed by atoms with van der Waals surface area (Å²) in [5.41, 5.74) is 3.33. The Kier molecular flexibility index (Phi) is 6.40. The lowest BCUT2D eigenvalue weighted by molar-refractivity contribution is -0.146. The molecule has 2 aromatic rings. The molecule has 7 heteroatoms. The van der Waals surface area contributed by atoms with Crippen LogP contribution in [-0.2, 0) is 14.3 Å². The minimum Gasteiger partial charge on any atom is -0.480 e. The van der Waals surface area contributed by atoms with Crippen LogP contribution < -0.4 is 10.6 Å². The normalized spacial score (nSPS) is 19.8. The molecule has 0 bridgehead atoms. The van der Waals surface area contributed by atoms with Gasteiger partial charge in [0, 0.05) is 17.9 Å². The van der Waals surface area contributed by atoms with Gasteiger partial charge in [-0.15, -0.1) is 0 Å². The molecule has 0 saturated heterocycles. The smallest absolute Gasteiger partial charge is 0.407 e. The van der Waals surface area contributed by atoms with Crippen molar-refractivity contribution in [2.24, 2.45) is 5.92 Å². The van der Waals surface area contributed by atoms with Crippen LogP contribution in [0.1, 0.15) is 56.6 Å². The van der Waals surface area contributed by atoms with Crippen LogP contribution in [0.4, 0.5) is 4.79 Å². The molecule has 0 radical (unpaired) electrons. The first-order valence-electron chi connectivity index (χ1n) is 11.4. The summed E-state index contributed by atoms with van der Waals surface area (Å²) in [6.45, 7) is 3.16. The van der Waals surface area contributed by atoms with Gasteiger partial charge in [0.25, 0.3) is 0 Å². The SMILES string of the molecule is CC(C)(NC(=O)C1CCCC(NC(=O)OCC2c3ccccc3-c3ccccc32)C1)C(=O)O. The van der Waals surface area contributed by atoms with E-state index in [0.717, 1.165) is 24.0 Å². The van der Waals surface area contributed by atoms with E-state index >= 15 is 0 Å². The number of carboxylic acid groups (broad SMARTS) is 1. The fourth-order valence-electron chi connectivity index (χ4n) is 4.83. The lowest BCUT2D eigenvalue weighted by atomic mass is 9.84. The van der Waals surface area contributed by atoms with Crippen LogP contribution >= 0.6 is 0 Å². The number of hydrogen-bond donors (Lipinski definition) is 3. The first kappa shape index (κ1) is 22.8. The predicted octanol–water partition coefficient (Wildman–Crippen LogP) is 4.06. The Labute approximate surface area is 193 Å². The van der Waals surface area contributed by atoms with E-state index in [1.54, 1.807) is 0 Å². The van der Waals surface area contributed by atoms with Gasteiger partial charge in [0.15, 0.2) is 0 Å². The van der Waals surface area contributed by atoms with E-state index in [4.69, 9.17) is 4.74 Å². The number of ether oxygens (including phenoxy) is 1. The molecule has 2 atom stereocenters. The van der Waals surface area contributed by atoms with E-state index in [0.29, 0.717) is 12.8 Å². The molecular weight excluding hydrogens is 420 g/mol. The van der Waals surface area contributed by atoms with Gasteiger partial charge in [0.1, 0.15) is 12.1 Å². The van der Waals surface area contributed by atoms with E-state index in [1.807, 2.05) is 24.3 Å². The molecule has 2 amide bonds. The third-order valence-electron chi connectivity index (χ3n) is 6.68. The highest BCUT2D eigenvalue weighted by molar-refractivity contribution is 5.87. The second kappa shape index (κ2) is 9.25. The maximum absolute atomic E-state index is 12.6. The van der Waals surface area contributed by atoms with Crippen LogP contribution in [0.15, 0.2) is 48.5 Å². The summed E-state index contributed by atoms with van der Waals surface area (Å²) < 4.78 is 5.62. The highest BCUT2D eigenvalue weighted by Gasteiger charge is 2.35. The average molecular weight is 451 g/mol. The second-order valence-electron chi connectivity index (χ2n) is 9.45. The number of amides is 2. The number of aliphatic carboxylic acids is 1. The molecule has 0 aromatic heterocycles. The third kappa shape index (κ3) is 4.87. The second-order valence-corrected chi connectivity index (χ2v) is 9.45. The van der Waals surface area contributed by atoms with Gasteiger partial charge in [-0.25, -0.2) is 9.59 Å². The zero-order valence-corrected chi connectivity index (χ0v) is 19.0. The van der Waals surface area contributed by atoms with Crippen LogP contribution in [0.25, 0.3) is 11.1 Å². The van der Waals surface area contributed by atoms with Crippen molar-refractivity contribution in [2.45, 2.75) is 57.0 Å². The lowest BCUT2D eigenvalue weighted by Crippen LogP contribution is -2.53. The lowest BCUT2D eigenvalue weighted by Gasteiger charge is -2.31. The molecule has 0 aliphatic heterocycles. The van der Waals surface area contributed by atoms with Crippen molar-refractivity contribution in [3.63, 3.8) is 0 Å². The third-order valence-corrected chi connectivity index (χ3v) is 6.68. The fourth-order valence-corrected chi connectivity index (χ4v) is 4.83. The van der Waals surface area contributed by atoms with Crippen LogP contribution in [0.3, 0.4) is 0 Å². The number of rotatable bonds is 6. The van der Waals surface area contributed by atoms with Gasteiger partial charge in [0.2, 0.25) is 5.91 Å². The summed E-state index contributed by atoms with van der Waals surface area (Å²) in [4.78, 5) is 36.4. The molecule has 1 saturated carbocycles. The Morgan fingerprint density at radius 3 is 2.21 bits per heavy atom. The molecule has 1 fully saturated rings. The molecule has 2 aliphatic carbocycles. The topological polar surface area (TPSA) is 105 Å². The summed E-state index contributed by atoms with van der Waals surface area (Å²) in [5, 5.41) is 14.7. The van der Waals surface area contributed by atoms with Gasteiger partial charge in [-0.2, -0.15) is 0 Å². The number of carbonyl (C=O) groups is 3. The molecular formula is C26H30N2O5. The molecule has 2 aliphatic rings. The predicted molar refractivity (Wildman–Crippen MR) is 124 cm³/mol.